The number of fused-ring (bicyclic) bond motifs is 1. The zero-order valence-corrected chi connectivity index (χ0v) is 9.37. The van der Waals surface area contributed by atoms with Gasteiger partial charge < -0.3 is 10.5 Å². The minimum atomic E-state index is -0.740. The fourth-order valence-corrected chi connectivity index (χ4v) is 2.84. The van der Waals surface area contributed by atoms with Crippen LogP contribution in [0.3, 0.4) is 0 Å². The average Bonchev–Trinajstić information content (AvgIpc) is 2.59. The van der Waals surface area contributed by atoms with E-state index in [1.165, 1.54) is 12.8 Å². The molecule has 86 valence electrons. The molecule has 0 bridgehead atoms. The Labute approximate surface area is 90.8 Å². The molecule has 0 aromatic heterocycles. The van der Waals surface area contributed by atoms with Gasteiger partial charge in [0.2, 0.25) is 0 Å². The molecule has 15 heavy (non-hydrogen) atoms. The van der Waals surface area contributed by atoms with Gasteiger partial charge in [-0.3, -0.25) is 4.90 Å². The highest BCUT2D eigenvalue weighted by molar-refractivity contribution is 5.82. The zero-order valence-electron chi connectivity index (χ0n) is 9.37. The molecule has 4 heteroatoms. The number of ether oxygens (including phenoxy) is 1. The van der Waals surface area contributed by atoms with E-state index in [1.54, 1.807) is 0 Å². The maximum absolute atomic E-state index is 11.8. The molecule has 2 aliphatic heterocycles. The fraction of sp³-hybridized carbons (Fsp3) is 0.909. The lowest BCUT2D eigenvalue weighted by Gasteiger charge is -2.36. The summed E-state index contributed by atoms with van der Waals surface area (Å²) >= 11 is 0. The van der Waals surface area contributed by atoms with Crippen LogP contribution in [0.15, 0.2) is 0 Å². The second-order valence-electron chi connectivity index (χ2n) is 4.56. The topological polar surface area (TPSA) is 55.6 Å². The van der Waals surface area contributed by atoms with Crippen LogP contribution < -0.4 is 5.73 Å². The molecule has 0 saturated carbocycles. The Bertz CT molecular complexity index is 257. The first-order chi connectivity index (χ1) is 7.18. The average molecular weight is 212 g/mol. The van der Waals surface area contributed by atoms with Crippen LogP contribution >= 0.6 is 0 Å². The number of carbonyl (C=O) groups excluding carboxylic acids is 1. The summed E-state index contributed by atoms with van der Waals surface area (Å²) in [7, 11) is 0. The third-order valence-corrected chi connectivity index (χ3v) is 3.68. The predicted molar refractivity (Wildman–Crippen MR) is 57.4 cm³/mol. The summed E-state index contributed by atoms with van der Waals surface area (Å²) < 4.78 is 5.09. The van der Waals surface area contributed by atoms with Gasteiger partial charge in [0.1, 0.15) is 5.54 Å². The first kappa shape index (κ1) is 10.9. The SMILES string of the molecule is CCOC(=O)C1(N)CCN2CCCCC21. The molecule has 2 saturated heterocycles. The number of hydrogen-bond donors (Lipinski definition) is 1. The second-order valence-corrected chi connectivity index (χ2v) is 4.56. The molecular formula is C11H20N2O2. The third-order valence-electron chi connectivity index (χ3n) is 3.68. The van der Waals surface area contributed by atoms with Crippen molar-refractivity contribution in [3.8, 4) is 0 Å². The van der Waals surface area contributed by atoms with Gasteiger partial charge in [0.05, 0.1) is 6.61 Å². The number of hydrogen-bond acceptors (Lipinski definition) is 4. The smallest absolute Gasteiger partial charge is 0.327 e. The minimum Gasteiger partial charge on any atom is -0.465 e. The quantitative estimate of drug-likeness (QED) is 0.677. The van der Waals surface area contributed by atoms with Crippen LogP contribution in [-0.4, -0.2) is 42.1 Å². The van der Waals surface area contributed by atoms with Crippen molar-refractivity contribution in [3.05, 3.63) is 0 Å². The van der Waals surface area contributed by atoms with Crippen molar-refractivity contribution in [1.29, 1.82) is 0 Å². The van der Waals surface area contributed by atoms with Crippen molar-refractivity contribution >= 4 is 5.97 Å². The predicted octanol–water partition coefficient (Wildman–Crippen LogP) is 0.505. The van der Waals surface area contributed by atoms with E-state index in [1.807, 2.05) is 6.92 Å². The first-order valence-corrected chi connectivity index (χ1v) is 5.88. The van der Waals surface area contributed by atoms with Gasteiger partial charge in [-0.05, 0) is 32.7 Å². The van der Waals surface area contributed by atoms with Crippen molar-refractivity contribution in [1.82, 2.24) is 4.90 Å². The lowest BCUT2D eigenvalue weighted by atomic mass is 9.86. The molecule has 0 amide bonds. The zero-order chi connectivity index (χ0) is 10.9. The van der Waals surface area contributed by atoms with E-state index in [-0.39, 0.29) is 12.0 Å². The number of carbonyl (C=O) groups is 1. The molecule has 4 nitrogen and oxygen atoms in total. The summed E-state index contributed by atoms with van der Waals surface area (Å²) in [4.78, 5) is 14.2. The largest absolute Gasteiger partial charge is 0.465 e. The van der Waals surface area contributed by atoms with Crippen LogP contribution in [-0.2, 0) is 9.53 Å². The standard InChI is InChI=1S/C11H20N2O2/c1-2-15-10(14)11(12)6-8-13-7-4-3-5-9(11)13/h9H,2-8,12H2,1H3. The number of piperidine rings is 1. The van der Waals surface area contributed by atoms with E-state index in [0.29, 0.717) is 6.61 Å². The third kappa shape index (κ3) is 1.76. The molecule has 2 fully saturated rings. The molecule has 0 aliphatic carbocycles. The van der Waals surface area contributed by atoms with Gasteiger partial charge >= 0.3 is 5.97 Å². The molecule has 2 N–H and O–H groups in total. The lowest BCUT2D eigenvalue weighted by molar-refractivity contribution is -0.151. The van der Waals surface area contributed by atoms with Crippen LogP contribution in [0.25, 0.3) is 0 Å². The van der Waals surface area contributed by atoms with Crippen molar-refractivity contribution < 1.29 is 9.53 Å². The van der Waals surface area contributed by atoms with Crippen molar-refractivity contribution in [3.63, 3.8) is 0 Å². The van der Waals surface area contributed by atoms with Crippen LogP contribution in [0.5, 0.6) is 0 Å². The summed E-state index contributed by atoms with van der Waals surface area (Å²) in [6.45, 7) is 4.28. The minimum absolute atomic E-state index is 0.209. The molecule has 0 aromatic carbocycles. The van der Waals surface area contributed by atoms with E-state index >= 15 is 0 Å². The van der Waals surface area contributed by atoms with Crippen LogP contribution in [0.1, 0.15) is 32.6 Å². The van der Waals surface area contributed by atoms with Crippen LogP contribution in [0, 0.1) is 0 Å². The number of nitrogens with two attached hydrogens (primary N) is 1. The van der Waals surface area contributed by atoms with E-state index in [9.17, 15) is 4.79 Å². The molecule has 0 radical (unpaired) electrons. The number of rotatable bonds is 2. The summed E-state index contributed by atoms with van der Waals surface area (Å²) in [6.07, 6.45) is 4.20. The van der Waals surface area contributed by atoms with E-state index in [0.717, 1.165) is 25.9 Å². The summed E-state index contributed by atoms with van der Waals surface area (Å²) in [5.74, 6) is -0.209. The highest BCUT2D eigenvalue weighted by atomic mass is 16.5. The Kier molecular flexibility index (Phi) is 2.98. The van der Waals surface area contributed by atoms with Gasteiger partial charge in [-0.1, -0.05) is 6.42 Å². The first-order valence-electron chi connectivity index (χ1n) is 5.88. The number of esters is 1. The Balaban J connectivity index is 2.10. The highest BCUT2D eigenvalue weighted by Crippen LogP contribution is 2.34. The summed E-state index contributed by atoms with van der Waals surface area (Å²) in [5.41, 5.74) is 5.49. The summed E-state index contributed by atoms with van der Waals surface area (Å²) in [5, 5.41) is 0. The Hall–Kier alpha value is -0.610. The highest BCUT2D eigenvalue weighted by Gasteiger charge is 2.51. The van der Waals surface area contributed by atoms with Gasteiger partial charge in [0.25, 0.3) is 0 Å². The Morgan fingerprint density at radius 2 is 2.33 bits per heavy atom. The van der Waals surface area contributed by atoms with Crippen molar-refractivity contribution in [2.24, 2.45) is 5.73 Å². The second kappa shape index (κ2) is 4.10. The maximum atomic E-state index is 11.8. The molecule has 2 heterocycles. The Morgan fingerprint density at radius 1 is 1.53 bits per heavy atom. The van der Waals surface area contributed by atoms with E-state index < -0.39 is 5.54 Å². The van der Waals surface area contributed by atoms with Gasteiger partial charge in [0.15, 0.2) is 0 Å². The van der Waals surface area contributed by atoms with Gasteiger partial charge in [-0.15, -0.1) is 0 Å². The van der Waals surface area contributed by atoms with Gasteiger partial charge in [0, 0.05) is 12.6 Å². The lowest BCUT2D eigenvalue weighted by Crippen LogP contribution is -2.58. The Morgan fingerprint density at radius 3 is 3.07 bits per heavy atom. The molecule has 2 rings (SSSR count). The fourth-order valence-electron chi connectivity index (χ4n) is 2.84. The van der Waals surface area contributed by atoms with Gasteiger partial charge in [-0.25, -0.2) is 4.79 Å². The number of nitrogens with zero attached hydrogens (tertiary/aromatic N) is 1. The molecule has 0 spiro atoms. The summed E-state index contributed by atoms with van der Waals surface area (Å²) in [6, 6.07) is 0.213. The van der Waals surface area contributed by atoms with Crippen LogP contribution in [0.4, 0.5) is 0 Å². The molecule has 0 aromatic rings. The molecule has 2 aliphatic rings. The van der Waals surface area contributed by atoms with Crippen LogP contribution in [0.2, 0.25) is 0 Å². The van der Waals surface area contributed by atoms with Crippen molar-refractivity contribution in [2.75, 3.05) is 19.7 Å². The molecule has 2 unspecified atom stereocenters. The molecule has 2 atom stereocenters. The monoisotopic (exact) mass is 212 g/mol. The maximum Gasteiger partial charge on any atom is 0.327 e. The van der Waals surface area contributed by atoms with E-state index in [2.05, 4.69) is 4.90 Å². The normalized spacial score (nSPS) is 36.3. The molecular weight excluding hydrogens is 192 g/mol. The van der Waals surface area contributed by atoms with Gasteiger partial charge in [-0.2, -0.15) is 0 Å². The van der Waals surface area contributed by atoms with Crippen molar-refractivity contribution in [2.45, 2.75) is 44.2 Å². The van der Waals surface area contributed by atoms with E-state index in [4.69, 9.17) is 10.5 Å².